The van der Waals surface area contributed by atoms with E-state index in [9.17, 15) is 9.59 Å². The van der Waals surface area contributed by atoms with E-state index < -0.39 is 6.04 Å². The van der Waals surface area contributed by atoms with Gasteiger partial charge < -0.3 is 10.2 Å². The predicted molar refractivity (Wildman–Crippen MR) is 92.4 cm³/mol. The number of piperazine rings is 1. The van der Waals surface area contributed by atoms with Crippen molar-refractivity contribution >= 4 is 39.3 Å². The summed E-state index contributed by atoms with van der Waals surface area (Å²) in [5.41, 5.74) is 1.17. The number of hydrogen-bond donors (Lipinski definition) is 1. The van der Waals surface area contributed by atoms with Crippen molar-refractivity contribution in [3.05, 3.63) is 69.2 Å². The topological polar surface area (TPSA) is 49.4 Å². The maximum absolute atomic E-state index is 12.9. The Labute approximate surface area is 147 Å². The Morgan fingerprint density at radius 2 is 2.00 bits per heavy atom. The first-order valence-electron chi connectivity index (χ1n) is 7.16. The highest BCUT2D eigenvalue weighted by atomic mass is 79.9. The molecule has 0 aromatic heterocycles. The number of carbonyl (C=O) groups is 2. The molecule has 0 aliphatic carbocycles. The molecule has 2 aromatic carbocycles. The largest absolute Gasteiger partial charge is 0.352 e. The summed E-state index contributed by atoms with van der Waals surface area (Å²) in [6.45, 7) is 0.868. The SMILES string of the molecule is O=C1NCCN(C(=O)c2cccc(Br)c2)C1c1ccccc1Cl. The monoisotopic (exact) mass is 392 g/mol. The molecule has 1 fully saturated rings. The zero-order valence-electron chi connectivity index (χ0n) is 12.1. The lowest BCUT2D eigenvalue weighted by atomic mass is 10.0. The molecule has 118 valence electrons. The van der Waals surface area contributed by atoms with Crippen LogP contribution in [0, 0.1) is 0 Å². The van der Waals surface area contributed by atoms with Crippen molar-refractivity contribution in [2.24, 2.45) is 0 Å². The summed E-state index contributed by atoms with van der Waals surface area (Å²) in [5.74, 6) is -0.404. The molecule has 0 spiro atoms. The van der Waals surface area contributed by atoms with Gasteiger partial charge in [-0.1, -0.05) is 51.8 Å². The third-order valence-electron chi connectivity index (χ3n) is 3.74. The quantitative estimate of drug-likeness (QED) is 0.850. The molecular formula is C17H14BrClN2O2. The summed E-state index contributed by atoms with van der Waals surface area (Å²) < 4.78 is 0.819. The van der Waals surface area contributed by atoms with Gasteiger partial charge in [0.15, 0.2) is 0 Å². The molecule has 0 saturated carbocycles. The van der Waals surface area contributed by atoms with Crippen LogP contribution in [-0.2, 0) is 4.79 Å². The van der Waals surface area contributed by atoms with Crippen LogP contribution in [0.2, 0.25) is 5.02 Å². The van der Waals surface area contributed by atoms with Gasteiger partial charge in [0.1, 0.15) is 6.04 Å². The van der Waals surface area contributed by atoms with Crippen LogP contribution in [0.1, 0.15) is 22.0 Å². The summed E-state index contributed by atoms with van der Waals surface area (Å²) in [6.07, 6.45) is 0. The van der Waals surface area contributed by atoms with Crippen molar-refractivity contribution < 1.29 is 9.59 Å². The fourth-order valence-electron chi connectivity index (χ4n) is 2.68. The van der Waals surface area contributed by atoms with Crippen LogP contribution >= 0.6 is 27.5 Å². The highest BCUT2D eigenvalue weighted by Gasteiger charge is 2.35. The zero-order chi connectivity index (χ0) is 16.4. The second kappa shape index (κ2) is 6.72. The van der Waals surface area contributed by atoms with E-state index in [0.717, 1.165) is 4.47 Å². The lowest BCUT2D eigenvalue weighted by molar-refractivity contribution is -0.128. The normalized spacial score (nSPS) is 17.7. The van der Waals surface area contributed by atoms with Crippen molar-refractivity contribution in [2.75, 3.05) is 13.1 Å². The number of hydrogen-bond acceptors (Lipinski definition) is 2. The Bertz CT molecular complexity index is 766. The zero-order valence-corrected chi connectivity index (χ0v) is 14.5. The summed E-state index contributed by atoms with van der Waals surface area (Å²) in [4.78, 5) is 26.8. The Morgan fingerprint density at radius 1 is 1.22 bits per heavy atom. The van der Waals surface area contributed by atoms with Gasteiger partial charge in [0.2, 0.25) is 5.91 Å². The van der Waals surface area contributed by atoms with E-state index in [1.807, 2.05) is 12.1 Å². The molecule has 1 N–H and O–H groups in total. The maximum Gasteiger partial charge on any atom is 0.254 e. The molecule has 1 atom stereocenters. The molecule has 0 bridgehead atoms. The summed E-state index contributed by atoms with van der Waals surface area (Å²) >= 11 is 9.61. The molecule has 3 rings (SSSR count). The van der Waals surface area contributed by atoms with Crippen LogP contribution in [0.3, 0.4) is 0 Å². The van der Waals surface area contributed by atoms with Crippen molar-refractivity contribution in [2.45, 2.75) is 6.04 Å². The van der Waals surface area contributed by atoms with Crippen LogP contribution in [0.15, 0.2) is 53.0 Å². The number of carbonyl (C=O) groups excluding carboxylic acids is 2. The standard InChI is InChI=1S/C17H14BrClN2O2/c18-12-5-3-4-11(10-12)17(23)21-9-8-20-16(22)15(21)13-6-1-2-7-14(13)19/h1-7,10,15H,8-9H2,(H,20,22). The summed E-state index contributed by atoms with van der Waals surface area (Å²) in [6, 6.07) is 13.5. The van der Waals surface area contributed by atoms with Crippen LogP contribution in [-0.4, -0.2) is 29.8 Å². The lowest BCUT2D eigenvalue weighted by Gasteiger charge is -2.35. The third-order valence-corrected chi connectivity index (χ3v) is 4.58. The molecule has 1 saturated heterocycles. The average Bonchev–Trinajstić information content (AvgIpc) is 2.55. The van der Waals surface area contributed by atoms with Gasteiger partial charge in [0, 0.05) is 33.7 Å². The Morgan fingerprint density at radius 3 is 2.74 bits per heavy atom. The highest BCUT2D eigenvalue weighted by molar-refractivity contribution is 9.10. The molecule has 23 heavy (non-hydrogen) atoms. The minimum atomic E-state index is -0.719. The summed E-state index contributed by atoms with van der Waals surface area (Å²) in [5, 5.41) is 3.28. The molecule has 0 radical (unpaired) electrons. The van der Waals surface area contributed by atoms with Crippen molar-refractivity contribution in [3.8, 4) is 0 Å². The van der Waals surface area contributed by atoms with Crippen LogP contribution in [0.25, 0.3) is 0 Å². The molecule has 2 amide bonds. The van der Waals surface area contributed by atoms with Crippen molar-refractivity contribution in [1.82, 2.24) is 10.2 Å². The van der Waals surface area contributed by atoms with Gasteiger partial charge >= 0.3 is 0 Å². The Hall–Kier alpha value is -1.85. The first kappa shape index (κ1) is 16.0. The molecular weight excluding hydrogens is 380 g/mol. The minimum Gasteiger partial charge on any atom is -0.352 e. The van der Waals surface area contributed by atoms with E-state index in [4.69, 9.17) is 11.6 Å². The number of nitrogens with one attached hydrogen (secondary N) is 1. The fraction of sp³-hybridized carbons (Fsp3) is 0.176. The summed E-state index contributed by atoms with van der Waals surface area (Å²) in [7, 11) is 0. The molecule has 1 aliphatic heterocycles. The predicted octanol–water partition coefficient (Wildman–Crippen LogP) is 3.42. The maximum atomic E-state index is 12.9. The van der Waals surface area contributed by atoms with Crippen LogP contribution in [0.5, 0.6) is 0 Å². The molecule has 6 heteroatoms. The van der Waals surface area contributed by atoms with Crippen molar-refractivity contribution in [3.63, 3.8) is 0 Å². The van der Waals surface area contributed by atoms with Crippen LogP contribution in [0.4, 0.5) is 0 Å². The van der Waals surface area contributed by atoms with E-state index in [1.54, 1.807) is 41.3 Å². The second-order valence-electron chi connectivity index (χ2n) is 5.22. The van der Waals surface area contributed by atoms with E-state index in [0.29, 0.717) is 29.2 Å². The van der Waals surface area contributed by atoms with Gasteiger partial charge in [-0.05, 0) is 24.3 Å². The fourth-order valence-corrected chi connectivity index (χ4v) is 3.32. The number of benzene rings is 2. The van der Waals surface area contributed by atoms with Gasteiger partial charge in [-0.2, -0.15) is 0 Å². The average molecular weight is 394 g/mol. The van der Waals surface area contributed by atoms with Gasteiger partial charge in [0.05, 0.1) is 0 Å². The second-order valence-corrected chi connectivity index (χ2v) is 6.55. The molecule has 4 nitrogen and oxygen atoms in total. The van der Waals surface area contributed by atoms with Gasteiger partial charge in [-0.15, -0.1) is 0 Å². The smallest absolute Gasteiger partial charge is 0.254 e. The number of rotatable bonds is 2. The van der Waals surface area contributed by atoms with Gasteiger partial charge in [-0.3, -0.25) is 9.59 Å². The van der Waals surface area contributed by atoms with E-state index in [2.05, 4.69) is 21.2 Å². The van der Waals surface area contributed by atoms with Gasteiger partial charge in [-0.25, -0.2) is 0 Å². The van der Waals surface area contributed by atoms with E-state index in [1.165, 1.54) is 0 Å². The van der Waals surface area contributed by atoms with E-state index in [-0.39, 0.29) is 11.8 Å². The number of halogens is 2. The number of amides is 2. The lowest BCUT2D eigenvalue weighted by Crippen LogP contribution is -2.52. The first-order valence-corrected chi connectivity index (χ1v) is 8.33. The van der Waals surface area contributed by atoms with Crippen LogP contribution < -0.4 is 5.32 Å². The molecule has 1 unspecified atom stereocenters. The third kappa shape index (κ3) is 3.26. The molecule has 2 aromatic rings. The molecule has 1 heterocycles. The minimum absolute atomic E-state index is 0.189. The molecule has 1 aliphatic rings. The highest BCUT2D eigenvalue weighted by Crippen LogP contribution is 2.30. The Balaban J connectivity index is 2.00. The Kier molecular flexibility index (Phi) is 4.68. The van der Waals surface area contributed by atoms with E-state index >= 15 is 0 Å². The first-order chi connectivity index (χ1) is 11.1. The van der Waals surface area contributed by atoms with Gasteiger partial charge in [0.25, 0.3) is 5.91 Å². The number of nitrogens with zero attached hydrogens (tertiary/aromatic N) is 1. The van der Waals surface area contributed by atoms with Crippen molar-refractivity contribution in [1.29, 1.82) is 0 Å².